The molecule has 1 atom stereocenters. The summed E-state index contributed by atoms with van der Waals surface area (Å²) in [5, 5.41) is 0. The molecule has 1 heterocycles. The molecule has 1 aliphatic carbocycles. The Balaban J connectivity index is 1.57. The van der Waals surface area contributed by atoms with Gasteiger partial charge in [-0.3, -0.25) is 9.78 Å². The van der Waals surface area contributed by atoms with E-state index >= 15 is 0 Å². The molecule has 1 aliphatic rings. The van der Waals surface area contributed by atoms with E-state index in [2.05, 4.69) is 17.1 Å². The molecule has 0 bridgehead atoms. The summed E-state index contributed by atoms with van der Waals surface area (Å²) in [5.74, 6) is 0.879. The van der Waals surface area contributed by atoms with Crippen molar-refractivity contribution in [3.63, 3.8) is 0 Å². The molecule has 0 radical (unpaired) electrons. The zero-order chi connectivity index (χ0) is 11.2. The number of allylic oxidation sites excluding steroid dienone is 1. The molecule has 16 heavy (non-hydrogen) atoms. The number of hydrogen-bond acceptors (Lipinski definition) is 2. The highest BCUT2D eigenvalue weighted by Gasteiger charge is 2.33. The number of carbonyl (C=O) groups excluding carboxylic acids is 1. The van der Waals surface area contributed by atoms with Crippen LogP contribution in [0.15, 0.2) is 30.5 Å². The Bertz CT molecular complexity index is 370. The molecule has 2 rings (SSSR count). The first-order valence-electron chi connectivity index (χ1n) is 5.96. The molecule has 0 amide bonds. The van der Waals surface area contributed by atoms with Gasteiger partial charge in [-0.25, -0.2) is 0 Å². The van der Waals surface area contributed by atoms with Crippen LogP contribution < -0.4 is 0 Å². The molecule has 1 fully saturated rings. The van der Waals surface area contributed by atoms with Gasteiger partial charge in [0.1, 0.15) is 5.78 Å². The van der Waals surface area contributed by atoms with Crippen LogP contribution in [0, 0.1) is 5.92 Å². The molecule has 1 aromatic heterocycles. The van der Waals surface area contributed by atoms with Crippen LogP contribution in [0.2, 0.25) is 0 Å². The molecule has 0 N–H and O–H groups in total. The van der Waals surface area contributed by atoms with E-state index in [9.17, 15) is 4.79 Å². The highest BCUT2D eigenvalue weighted by molar-refractivity contribution is 5.95. The van der Waals surface area contributed by atoms with Gasteiger partial charge in [0.15, 0.2) is 0 Å². The van der Waals surface area contributed by atoms with Crippen molar-refractivity contribution in [3.8, 4) is 0 Å². The summed E-state index contributed by atoms with van der Waals surface area (Å²) in [4.78, 5) is 15.0. The average Bonchev–Trinajstić information content (AvgIpc) is 3.01. The van der Waals surface area contributed by atoms with Crippen molar-refractivity contribution in [2.24, 2.45) is 5.92 Å². The summed E-state index contributed by atoms with van der Waals surface area (Å²) < 4.78 is 0. The van der Waals surface area contributed by atoms with Crippen LogP contribution in [0.3, 0.4) is 0 Å². The topological polar surface area (TPSA) is 30.0 Å². The molecule has 0 spiro atoms. The fourth-order valence-electron chi connectivity index (χ4n) is 1.78. The van der Waals surface area contributed by atoms with E-state index in [1.807, 2.05) is 18.2 Å². The quantitative estimate of drug-likeness (QED) is 0.682. The summed E-state index contributed by atoms with van der Waals surface area (Å²) in [6.07, 6.45) is 11.4. The van der Waals surface area contributed by atoms with Crippen LogP contribution in [0.5, 0.6) is 0 Å². The van der Waals surface area contributed by atoms with Crippen LogP contribution >= 0.6 is 0 Å². The average molecular weight is 215 g/mol. The Morgan fingerprint density at radius 1 is 1.38 bits per heavy atom. The fourth-order valence-corrected chi connectivity index (χ4v) is 1.78. The Labute approximate surface area is 96.4 Å². The molecule has 2 heteroatoms. The van der Waals surface area contributed by atoms with Crippen molar-refractivity contribution in [2.45, 2.75) is 32.1 Å². The molecular formula is C14H17NO. The van der Waals surface area contributed by atoms with E-state index in [1.165, 1.54) is 12.8 Å². The number of nitrogens with zero attached hydrogens (tertiary/aromatic N) is 1. The largest absolute Gasteiger partial charge is 0.299 e. The number of unbranched alkanes of at least 4 members (excludes halogenated alkanes) is 2. The van der Waals surface area contributed by atoms with Gasteiger partial charge in [0.2, 0.25) is 0 Å². The summed E-state index contributed by atoms with van der Waals surface area (Å²) in [7, 11) is 0. The molecule has 2 nitrogen and oxygen atoms in total. The van der Waals surface area contributed by atoms with Gasteiger partial charge in [0.05, 0.1) is 5.69 Å². The second kappa shape index (κ2) is 5.59. The van der Waals surface area contributed by atoms with E-state index in [4.69, 9.17) is 0 Å². The number of carbonyl (C=O) groups is 1. The lowest BCUT2D eigenvalue weighted by atomic mass is 10.1. The SMILES string of the molecule is O=C1CC1CCCC/C=C\c1ccccn1. The second-order valence-corrected chi connectivity index (χ2v) is 4.31. The number of ketones is 1. The number of Topliss-reactive ketones (excluding diaryl/α,β-unsaturated/α-hetero) is 1. The van der Waals surface area contributed by atoms with Crippen LogP contribution in [-0.2, 0) is 4.79 Å². The maximum absolute atomic E-state index is 10.8. The van der Waals surface area contributed by atoms with Gasteiger partial charge in [-0.15, -0.1) is 0 Å². The summed E-state index contributed by atoms with van der Waals surface area (Å²) in [6.45, 7) is 0. The smallest absolute Gasteiger partial charge is 0.137 e. The van der Waals surface area contributed by atoms with Crippen LogP contribution in [-0.4, -0.2) is 10.8 Å². The lowest BCUT2D eigenvalue weighted by molar-refractivity contribution is -0.111. The Morgan fingerprint density at radius 3 is 2.94 bits per heavy atom. The molecule has 84 valence electrons. The Kier molecular flexibility index (Phi) is 3.86. The summed E-state index contributed by atoms with van der Waals surface area (Å²) in [6, 6.07) is 5.91. The first-order valence-corrected chi connectivity index (χ1v) is 5.96. The lowest BCUT2D eigenvalue weighted by Gasteiger charge is -1.94. The van der Waals surface area contributed by atoms with E-state index in [-0.39, 0.29) is 0 Å². The first-order chi connectivity index (χ1) is 7.86. The maximum Gasteiger partial charge on any atom is 0.137 e. The normalized spacial score (nSPS) is 19.2. The third-order valence-corrected chi connectivity index (χ3v) is 2.89. The van der Waals surface area contributed by atoms with Crippen LogP contribution in [0.4, 0.5) is 0 Å². The predicted octanol–water partition coefficient (Wildman–Crippen LogP) is 3.24. The minimum absolute atomic E-state index is 0.416. The standard InChI is InChI=1S/C14H17NO/c16-14-11-12(14)7-3-1-2-4-8-13-9-5-6-10-15-13/h4-6,8-10,12H,1-3,7,11H2/b8-4-. The molecule has 0 saturated heterocycles. The van der Waals surface area contributed by atoms with Gasteiger partial charge in [-0.05, 0) is 37.5 Å². The lowest BCUT2D eigenvalue weighted by Crippen LogP contribution is -1.81. The highest BCUT2D eigenvalue weighted by atomic mass is 16.1. The number of pyridine rings is 1. The minimum atomic E-state index is 0.416. The van der Waals surface area contributed by atoms with E-state index in [0.29, 0.717) is 11.7 Å². The van der Waals surface area contributed by atoms with Crippen LogP contribution in [0.25, 0.3) is 6.08 Å². The number of hydrogen-bond donors (Lipinski definition) is 0. The molecule has 1 aromatic rings. The van der Waals surface area contributed by atoms with Crippen molar-refractivity contribution in [3.05, 3.63) is 36.2 Å². The van der Waals surface area contributed by atoms with Gasteiger partial charge in [-0.2, -0.15) is 0 Å². The van der Waals surface area contributed by atoms with Crippen molar-refractivity contribution < 1.29 is 4.79 Å². The molecule has 0 aromatic carbocycles. The van der Waals surface area contributed by atoms with Gasteiger partial charge in [0.25, 0.3) is 0 Å². The Morgan fingerprint density at radius 2 is 2.25 bits per heavy atom. The van der Waals surface area contributed by atoms with E-state index in [0.717, 1.165) is 25.0 Å². The van der Waals surface area contributed by atoms with Gasteiger partial charge in [-0.1, -0.05) is 18.6 Å². The fraction of sp³-hybridized carbons (Fsp3) is 0.429. The third-order valence-electron chi connectivity index (χ3n) is 2.89. The monoisotopic (exact) mass is 215 g/mol. The Hall–Kier alpha value is -1.44. The van der Waals surface area contributed by atoms with Gasteiger partial charge in [0, 0.05) is 18.5 Å². The molecule has 1 unspecified atom stereocenters. The zero-order valence-electron chi connectivity index (χ0n) is 9.43. The summed E-state index contributed by atoms with van der Waals surface area (Å²) >= 11 is 0. The van der Waals surface area contributed by atoms with Gasteiger partial charge < -0.3 is 0 Å². The highest BCUT2D eigenvalue weighted by Crippen LogP contribution is 2.29. The zero-order valence-corrected chi connectivity index (χ0v) is 9.43. The van der Waals surface area contributed by atoms with Crippen molar-refractivity contribution in [1.29, 1.82) is 0 Å². The number of rotatable bonds is 6. The van der Waals surface area contributed by atoms with Gasteiger partial charge >= 0.3 is 0 Å². The van der Waals surface area contributed by atoms with Crippen molar-refractivity contribution in [1.82, 2.24) is 4.98 Å². The predicted molar refractivity (Wildman–Crippen MR) is 64.9 cm³/mol. The van der Waals surface area contributed by atoms with E-state index < -0.39 is 0 Å². The number of aromatic nitrogens is 1. The van der Waals surface area contributed by atoms with Crippen LogP contribution in [0.1, 0.15) is 37.8 Å². The molecule has 1 saturated carbocycles. The minimum Gasteiger partial charge on any atom is -0.299 e. The third kappa shape index (κ3) is 3.61. The van der Waals surface area contributed by atoms with E-state index in [1.54, 1.807) is 6.20 Å². The second-order valence-electron chi connectivity index (χ2n) is 4.31. The molecular weight excluding hydrogens is 198 g/mol. The first kappa shape index (κ1) is 11.1. The molecule has 0 aliphatic heterocycles. The van der Waals surface area contributed by atoms with Crippen molar-refractivity contribution >= 4 is 11.9 Å². The van der Waals surface area contributed by atoms with Crippen molar-refractivity contribution in [2.75, 3.05) is 0 Å². The maximum atomic E-state index is 10.8. The summed E-state index contributed by atoms with van der Waals surface area (Å²) in [5.41, 5.74) is 1.01.